The number of benzene rings is 2. The number of nitrogens with zero attached hydrogens (tertiary/aromatic N) is 6. The van der Waals surface area contributed by atoms with E-state index in [2.05, 4.69) is 68.5 Å². The van der Waals surface area contributed by atoms with Gasteiger partial charge in [-0.05, 0) is 24.3 Å². The topological polar surface area (TPSA) is 390 Å². The minimum Gasteiger partial charge on any atom is -0.543 e. The molecule has 2 aromatic carbocycles. The first-order valence-corrected chi connectivity index (χ1v) is 11.2. The van der Waals surface area contributed by atoms with Crippen molar-refractivity contribution in [3.05, 3.63) is 128 Å². The molecule has 0 atom stereocenters. The molecule has 20 nitrogen and oxygen atoms in total. The van der Waals surface area contributed by atoms with Crippen LogP contribution < -0.4 is 10.2 Å². The predicted octanol–water partition coefficient (Wildman–Crippen LogP) is -1.73. The first-order chi connectivity index (χ1) is 20.0. The van der Waals surface area contributed by atoms with Gasteiger partial charge in [-0.25, -0.2) is 0 Å². The third kappa shape index (κ3) is 17.1. The molecule has 4 heterocycles. The Hall–Kier alpha value is -5.70. The van der Waals surface area contributed by atoms with Crippen LogP contribution in [0.4, 0.5) is 0 Å². The summed E-state index contributed by atoms with van der Waals surface area (Å²) in [5.41, 5.74) is 3.91. The maximum atomic E-state index is 8.93. The molecule has 48 heavy (non-hydrogen) atoms. The van der Waals surface area contributed by atoms with Crippen molar-refractivity contribution in [3.8, 4) is 0 Å². The van der Waals surface area contributed by atoms with E-state index in [1.807, 2.05) is 24.3 Å². The van der Waals surface area contributed by atoms with E-state index in [1.165, 1.54) is 0 Å². The van der Waals surface area contributed by atoms with Crippen LogP contribution in [0, 0.1) is 30.6 Å². The van der Waals surface area contributed by atoms with E-state index in [4.69, 9.17) is 50.4 Å². The van der Waals surface area contributed by atoms with E-state index in [-0.39, 0.29) is 56.0 Å². The average molecular weight is 772 g/mol. The van der Waals surface area contributed by atoms with Crippen molar-refractivity contribution in [2.75, 3.05) is 0 Å². The molecule has 264 valence electrons. The summed E-state index contributed by atoms with van der Waals surface area (Å²) < 4.78 is 0. The fraction of sp³-hybridized carbons (Fsp3) is 0. The van der Waals surface area contributed by atoms with Gasteiger partial charge in [0.1, 0.15) is 0 Å². The van der Waals surface area contributed by atoms with Crippen molar-refractivity contribution < 1.29 is 86.0 Å². The van der Waals surface area contributed by atoms with Crippen molar-refractivity contribution in [1.29, 1.82) is 0 Å². The number of pyridine rings is 4. The molecule has 6 aromatic rings. The quantitative estimate of drug-likeness (QED) is 0.0545. The van der Waals surface area contributed by atoms with Crippen LogP contribution in [0.3, 0.4) is 0 Å². The standard InChI is InChI=1S/2C12H8N2.C2H2O4.2Cu.2NO3.4H2O/c2*1-3-9-5-6-10-4-2-8-14-12(10)11(9)13-7-1;3-1(4)2(5)6;;;2*2-1(3)4;;;;/h2*1-8H;(H,3,4)(H,5,6);;;;;4*1H2/q;;;2*+2;2*-1;;;;/p-2. The molecule has 0 aliphatic carbocycles. The molecule has 0 aliphatic heterocycles. The maximum Gasteiger partial charge on any atom is 2.00 e. The first-order valence-electron chi connectivity index (χ1n) is 11.2. The van der Waals surface area contributed by atoms with Crippen LogP contribution in [0.25, 0.3) is 43.6 Å². The summed E-state index contributed by atoms with van der Waals surface area (Å²) in [6.07, 6.45) is 7.21. The molecule has 0 spiro atoms. The molecule has 2 radical (unpaired) electrons. The predicted molar refractivity (Wildman–Crippen MR) is 159 cm³/mol. The molecule has 0 fully saturated rings. The van der Waals surface area contributed by atoms with Crippen LogP contribution in [0.5, 0.6) is 0 Å². The van der Waals surface area contributed by atoms with E-state index in [1.54, 1.807) is 24.8 Å². The summed E-state index contributed by atoms with van der Waals surface area (Å²) in [7, 11) is 0. The van der Waals surface area contributed by atoms with E-state index in [0.29, 0.717) is 0 Å². The Bertz CT molecular complexity index is 1620. The van der Waals surface area contributed by atoms with Gasteiger partial charge in [0, 0.05) is 46.3 Å². The number of rotatable bonds is 0. The van der Waals surface area contributed by atoms with Crippen molar-refractivity contribution in [3.63, 3.8) is 0 Å². The number of hydrogen-bond acceptors (Lipinski definition) is 14. The molecule has 0 aliphatic rings. The van der Waals surface area contributed by atoms with Gasteiger partial charge in [-0.15, -0.1) is 0 Å². The Morgan fingerprint density at radius 2 is 0.604 bits per heavy atom. The van der Waals surface area contributed by atoms with Gasteiger partial charge in [0.15, 0.2) is 0 Å². The van der Waals surface area contributed by atoms with Crippen LogP contribution >= 0.6 is 0 Å². The van der Waals surface area contributed by atoms with Crippen molar-refractivity contribution >= 4 is 55.6 Å². The van der Waals surface area contributed by atoms with Gasteiger partial charge in [0.2, 0.25) is 0 Å². The van der Waals surface area contributed by atoms with Crippen LogP contribution in [-0.2, 0) is 43.7 Å². The number of hydrogen-bond donors (Lipinski definition) is 0. The van der Waals surface area contributed by atoms with Crippen LogP contribution in [-0.4, -0.2) is 64.0 Å². The fourth-order valence-corrected chi connectivity index (χ4v) is 3.36. The monoisotopic (exact) mass is 770 g/mol. The SMILES string of the molecule is O.O.O.O.O=C([O-])C(=O)[O-].O=[N+]([O-])[O-].O=[N+]([O-])[O-].[Cu+2].[Cu+2].c1cnc2c(c1)ccc1cccnc12.c1cnc2c(c1)ccc1cccnc12. The Kier molecular flexibility index (Phi) is 28.6. The van der Waals surface area contributed by atoms with Crippen molar-refractivity contribution in [2.24, 2.45) is 0 Å². The number of carbonyl (C=O) groups is 2. The Labute approximate surface area is 289 Å². The molecule has 0 bridgehead atoms. The maximum absolute atomic E-state index is 8.93. The second kappa shape index (κ2) is 26.5. The number of aromatic nitrogens is 4. The molecule has 22 heteroatoms. The molecular formula is C26H24Cu2N6O14. The molecule has 0 saturated carbocycles. The molecule has 6 rings (SSSR count). The number of carboxylic acid groups (broad SMARTS) is 2. The van der Waals surface area contributed by atoms with Gasteiger partial charge < -0.3 is 72.4 Å². The second-order valence-corrected chi connectivity index (χ2v) is 7.45. The van der Waals surface area contributed by atoms with E-state index in [9.17, 15) is 0 Å². The van der Waals surface area contributed by atoms with Gasteiger partial charge >= 0.3 is 34.1 Å². The van der Waals surface area contributed by atoms with Crippen molar-refractivity contribution in [2.45, 2.75) is 0 Å². The van der Waals surface area contributed by atoms with E-state index < -0.39 is 22.1 Å². The van der Waals surface area contributed by atoms with Crippen molar-refractivity contribution in [1.82, 2.24) is 19.9 Å². The molecule has 0 unspecified atom stereocenters. The zero-order valence-corrected chi connectivity index (χ0v) is 25.5. The number of fused-ring (bicyclic) bond motifs is 6. The molecule has 0 amide bonds. The normalized spacial score (nSPS) is 8.25. The summed E-state index contributed by atoms with van der Waals surface area (Å²) in [5.74, 6) is -4.37. The molecular weight excluding hydrogens is 747 g/mol. The minimum absolute atomic E-state index is 0. The summed E-state index contributed by atoms with van der Waals surface area (Å²) in [6.45, 7) is 0. The summed E-state index contributed by atoms with van der Waals surface area (Å²) in [4.78, 5) is 51.7. The third-order valence-electron chi connectivity index (χ3n) is 4.86. The third-order valence-corrected chi connectivity index (χ3v) is 4.86. The molecule has 0 saturated heterocycles. The Morgan fingerprint density at radius 3 is 0.750 bits per heavy atom. The molecule has 8 N–H and O–H groups in total. The minimum atomic E-state index is -2.19. The smallest absolute Gasteiger partial charge is 0.543 e. The average Bonchev–Trinajstić information content (AvgIpc) is 2.97. The van der Waals surface area contributed by atoms with Crippen LogP contribution in [0.2, 0.25) is 0 Å². The van der Waals surface area contributed by atoms with Crippen LogP contribution in [0.1, 0.15) is 0 Å². The summed E-state index contributed by atoms with van der Waals surface area (Å²) in [5, 5.41) is 51.9. The summed E-state index contributed by atoms with van der Waals surface area (Å²) in [6, 6.07) is 24.3. The van der Waals surface area contributed by atoms with E-state index >= 15 is 0 Å². The van der Waals surface area contributed by atoms with Gasteiger partial charge in [-0.3, -0.25) is 19.9 Å². The zero-order valence-electron chi connectivity index (χ0n) is 23.6. The fourth-order valence-electron chi connectivity index (χ4n) is 3.36. The summed E-state index contributed by atoms with van der Waals surface area (Å²) >= 11 is 0. The van der Waals surface area contributed by atoms with Gasteiger partial charge in [0.05, 0.1) is 44.2 Å². The van der Waals surface area contributed by atoms with Gasteiger partial charge in [0.25, 0.3) is 0 Å². The largest absolute Gasteiger partial charge is 2.00 e. The second-order valence-electron chi connectivity index (χ2n) is 7.45. The number of carbonyl (C=O) groups excluding carboxylic acids is 2. The number of carboxylic acids is 2. The first kappa shape index (κ1) is 51.9. The zero-order chi connectivity index (χ0) is 31.1. The molecule has 4 aromatic heterocycles. The Morgan fingerprint density at radius 1 is 0.438 bits per heavy atom. The van der Waals surface area contributed by atoms with Gasteiger partial charge in [-0.1, -0.05) is 48.5 Å². The van der Waals surface area contributed by atoms with Crippen LogP contribution in [0.15, 0.2) is 97.6 Å². The number of aliphatic carboxylic acids is 2. The van der Waals surface area contributed by atoms with E-state index in [0.717, 1.165) is 43.6 Å². The Balaban J connectivity index is -0.000000172. The van der Waals surface area contributed by atoms with Gasteiger partial charge in [-0.2, -0.15) is 0 Å².